The zero-order chi connectivity index (χ0) is 21.6. The zero-order valence-corrected chi connectivity index (χ0v) is 17.9. The van der Waals surface area contributed by atoms with Crippen LogP contribution in [0.1, 0.15) is 19.2 Å². The standard InChI is InChI=1S/C21H24N4O4S/c1-4-13-29-21-14-20(22-15(2)23-21)24-16-5-7-17(8-6-16)25-30(26,27)19-11-9-18(28-3)10-12-19/h5-12,14,25H,4,13H2,1-3H3,(H,22,23,24). The van der Waals surface area contributed by atoms with Crippen molar-refractivity contribution in [1.82, 2.24) is 9.97 Å². The van der Waals surface area contributed by atoms with Crippen LogP contribution in [0.15, 0.2) is 59.5 Å². The first-order chi connectivity index (χ1) is 14.4. The third-order valence-corrected chi connectivity index (χ3v) is 5.44. The highest BCUT2D eigenvalue weighted by Crippen LogP contribution is 2.23. The molecule has 0 spiro atoms. The third kappa shape index (κ3) is 5.60. The van der Waals surface area contributed by atoms with Crippen molar-refractivity contribution >= 4 is 27.2 Å². The lowest BCUT2D eigenvalue weighted by Gasteiger charge is -2.11. The first-order valence-corrected chi connectivity index (χ1v) is 10.9. The normalized spacial score (nSPS) is 11.0. The van der Waals surface area contributed by atoms with Crippen molar-refractivity contribution < 1.29 is 17.9 Å². The van der Waals surface area contributed by atoms with Crippen molar-refractivity contribution in [2.24, 2.45) is 0 Å². The summed E-state index contributed by atoms with van der Waals surface area (Å²) >= 11 is 0. The Hall–Kier alpha value is -3.33. The van der Waals surface area contributed by atoms with E-state index in [-0.39, 0.29) is 4.90 Å². The number of ether oxygens (including phenoxy) is 2. The fourth-order valence-electron chi connectivity index (χ4n) is 2.62. The van der Waals surface area contributed by atoms with Gasteiger partial charge in [-0.3, -0.25) is 4.72 Å². The van der Waals surface area contributed by atoms with E-state index in [0.29, 0.717) is 35.6 Å². The van der Waals surface area contributed by atoms with Crippen LogP contribution in [0.3, 0.4) is 0 Å². The van der Waals surface area contributed by atoms with Crippen LogP contribution in [-0.2, 0) is 10.0 Å². The highest BCUT2D eigenvalue weighted by atomic mass is 32.2. The molecule has 9 heteroatoms. The maximum Gasteiger partial charge on any atom is 0.261 e. The van der Waals surface area contributed by atoms with Gasteiger partial charge in [-0.2, -0.15) is 4.98 Å². The molecule has 3 aromatic rings. The van der Waals surface area contributed by atoms with Crippen LogP contribution in [-0.4, -0.2) is 32.1 Å². The number of hydrogen-bond donors (Lipinski definition) is 2. The Bertz CT molecular complexity index is 1080. The Kier molecular flexibility index (Phi) is 6.73. The van der Waals surface area contributed by atoms with Crippen molar-refractivity contribution in [3.8, 4) is 11.6 Å². The summed E-state index contributed by atoms with van der Waals surface area (Å²) in [7, 11) is -2.17. The quantitative estimate of drug-likeness (QED) is 0.528. The van der Waals surface area contributed by atoms with E-state index in [4.69, 9.17) is 9.47 Å². The minimum absolute atomic E-state index is 0.154. The van der Waals surface area contributed by atoms with Gasteiger partial charge >= 0.3 is 0 Å². The molecular formula is C21H24N4O4S. The second-order valence-electron chi connectivity index (χ2n) is 6.47. The van der Waals surface area contributed by atoms with E-state index >= 15 is 0 Å². The lowest BCUT2D eigenvalue weighted by molar-refractivity contribution is 0.304. The van der Waals surface area contributed by atoms with Gasteiger partial charge in [0.2, 0.25) is 5.88 Å². The summed E-state index contributed by atoms with van der Waals surface area (Å²) in [6.07, 6.45) is 0.889. The average molecular weight is 429 g/mol. The van der Waals surface area contributed by atoms with Gasteiger partial charge in [0.25, 0.3) is 10.0 Å². The monoisotopic (exact) mass is 428 g/mol. The molecule has 0 bridgehead atoms. The van der Waals surface area contributed by atoms with E-state index in [1.807, 2.05) is 6.92 Å². The maximum absolute atomic E-state index is 12.5. The summed E-state index contributed by atoms with van der Waals surface area (Å²) in [4.78, 5) is 8.75. The van der Waals surface area contributed by atoms with Crippen LogP contribution in [0.25, 0.3) is 0 Å². The Balaban J connectivity index is 1.69. The first kappa shape index (κ1) is 21.4. The fraction of sp³-hybridized carbons (Fsp3) is 0.238. The minimum atomic E-state index is -3.69. The smallest absolute Gasteiger partial charge is 0.261 e. The Labute approximate surface area is 176 Å². The van der Waals surface area contributed by atoms with Crippen LogP contribution in [0.2, 0.25) is 0 Å². The second-order valence-corrected chi connectivity index (χ2v) is 8.15. The third-order valence-electron chi connectivity index (χ3n) is 4.05. The summed E-state index contributed by atoms with van der Waals surface area (Å²) in [5.74, 6) is 2.29. The Morgan fingerprint density at radius 3 is 2.27 bits per heavy atom. The second kappa shape index (κ2) is 9.45. The molecule has 0 aliphatic carbocycles. The number of sulfonamides is 1. The number of anilines is 3. The number of methoxy groups -OCH3 is 1. The van der Waals surface area contributed by atoms with Gasteiger partial charge in [0, 0.05) is 17.4 Å². The van der Waals surface area contributed by atoms with Crippen molar-refractivity contribution in [1.29, 1.82) is 0 Å². The molecule has 0 aliphatic rings. The lowest BCUT2D eigenvalue weighted by Crippen LogP contribution is -2.12. The van der Waals surface area contributed by atoms with Gasteiger partial charge in [0.05, 0.1) is 18.6 Å². The topological polar surface area (TPSA) is 102 Å². The van der Waals surface area contributed by atoms with Crippen molar-refractivity contribution in [2.45, 2.75) is 25.2 Å². The molecule has 0 aliphatic heterocycles. The van der Waals surface area contributed by atoms with Gasteiger partial charge in [0.15, 0.2) is 0 Å². The molecular weight excluding hydrogens is 404 g/mol. The number of hydrogen-bond acceptors (Lipinski definition) is 7. The van der Waals surface area contributed by atoms with E-state index in [2.05, 4.69) is 20.0 Å². The number of aryl methyl sites for hydroxylation is 1. The highest BCUT2D eigenvalue weighted by Gasteiger charge is 2.14. The van der Waals surface area contributed by atoms with Crippen LogP contribution in [0, 0.1) is 6.92 Å². The molecule has 30 heavy (non-hydrogen) atoms. The van der Waals surface area contributed by atoms with Gasteiger partial charge < -0.3 is 14.8 Å². The van der Waals surface area contributed by atoms with E-state index in [1.165, 1.54) is 19.2 Å². The van der Waals surface area contributed by atoms with E-state index in [0.717, 1.165) is 12.1 Å². The minimum Gasteiger partial charge on any atom is -0.497 e. The van der Waals surface area contributed by atoms with Gasteiger partial charge in [0.1, 0.15) is 17.4 Å². The molecule has 0 saturated heterocycles. The van der Waals surface area contributed by atoms with Crippen molar-refractivity contribution in [3.05, 3.63) is 60.4 Å². The Morgan fingerprint density at radius 2 is 1.63 bits per heavy atom. The summed E-state index contributed by atoms with van der Waals surface area (Å²) in [6, 6.07) is 14.8. The van der Waals surface area contributed by atoms with Crippen LogP contribution in [0.4, 0.5) is 17.2 Å². The Morgan fingerprint density at radius 1 is 0.967 bits per heavy atom. The van der Waals surface area contributed by atoms with Crippen LogP contribution in [0.5, 0.6) is 11.6 Å². The molecule has 0 fully saturated rings. The van der Waals surface area contributed by atoms with E-state index < -0.39 is 10.0 Å². The number of rotatable bonds is 9. The molecule has 1 aromatic heterocycles. The van der Waals surface area contributed by atoms with E-state index in [1.54, 1.807) is 49.4 Å². The molecule has 0 unspecified atom stereocenters. The maximum atomic E-state index is 12.5. The molecule has 0 saturated carbocycles. The fourth-order valence-corrected chi connectivity index (χ4v) is 3.68. The van der Waals surface area contributed by atoms with Gasteiger partial charge in [-0.05, 0) is 61.9 Å². The number of nitrogens with one attached hydrogen (secondary N) is 2. The predicted octanol–water partition coefficient (Wildman–Crippen LogP) is 4.13. The van der Waals surface area contributed by atoms with Crippen LogP contribution < -0.4 is 19.5 Å². The number of nitrogens with zero attached hydrogens (tertiary/aromatic N) is 2. The first-order valence-electron chi connectivity index (χ1n) is 9.42. The van der Waals surface area contributed by atoms with Gasteiger partial charge in [-0.1, -0.05) is 6.92 Å². The molecule has 3 rings (SSSR count). The summed E-state index contributed by atoms with van der Waals surface area (Å²) in [5.41, 5.74) is 1.20. The SMILES string of the molecule is CCCOc1cc(Nc2ccc(NS(=O)(=O)c3ccc(OC)cc3)cc2)nc(C)n1. The molecule has 0 radical (unpaired) electrons. The molecule has 1 heterocycles. The van der Waals surface area contributed by atoms with Crippen LogP contribution >= 0.6 is 0 Å². The molecule has 0 amide bonds. The molecule has 8 nitrogen and oxygen atoms in total. The zero-order valence-electron chi connectivity index (χ0n) is 17.0. The van der Waals surface area contributed by atoms with Crippen molar-refractivity contribution in [3.63, 3.8) is 0 Å². The van der Waals surface area contributed by atoms with E-state index in [9.17, 15) is 8.42 Å². The number of aromatic nitrogens is 2. The molecule has 2 aromatic carbocycles. The number of benzene rings is 2. The van der Waals surface area contributed by atoms with Gasteiger partial charge in [-0.15, -0.1) is 0 Å². The largest absolute Gasteiger partial charge is 0.497 e. The highest BCUT2D eigenvalue weighted by molar-refractivity contribution is 7.92. The average Bonchev–Trinajstić information content (AvgIpc) is 2.73. The lowest BCUT2D eigenvalue weighted by atomic mass is 10.3. The molecule has 0 atom stereocenters. The predicted molar refractivity (Wildman–Crippen MR) is 116 cm³/mol. The molecule has 158 valence electrons. The summed E-state index contributed by atoms with van der Waals surface area (Å²) in [6.45, 7) is 4.40. The molecule has 2 N–H and O–H groups in total. The summed E-state index contributed by atoms with van der Waals surface area (Å²) < 4.78 is 38.3. The van der Waals surface area contributed by atoms with Gasteiger partial charge in [-0.25, -0.2) is 13.4 Å². The summed E-state index contributed by atoms with van der Waals surface area (Å²) in [5, 5.41) is 3.17. The van der Waals surface area contributed by atoms with Crippen molar-refractivity contribution in [2.75, 3.05) is 23.8 Å².